The van der Waals surface area contributed by atoms with Crippen LogP contribution >= 0.6 is 0 Å². The predicted molar refractivity (Wildman–Crippen MR) is 110 cm³/mol. The van der Waals surface area contributed by atoms with E-state index in [2.05, 4.69) is 6.92 Å². The van der Waals surface area contributed by atoms with Crippen LogP contribution in [0.5, 0.6) is 0 Å². The molecule has 6 nitrogen and oxygen atoms in total. The Morgan fingerprint density at radius 3 is 2.41 bits per heavy atom. The molecule has 0 spiro atoms. The topological polar surface area (TPSA) is 69.0 Å². The van der Waals surface area contributed by atoms with E-state index in [0.29, 0.717) is 17.7 Å². The predicted octanol–water partition coefficient (Wildman–Crippen LogP) is 3.96. The van der Waals surface area contributed by atoms with Crippen molar-refractivity contribution in [2.24, 2.45) is 0 Å². The average Bonchev–Trinajstić information content (AvgIpc) is 3.11. The molecule has 0 N–H and O–H groups in total. The van der Waals surface area contributed by atoms with Gasteiger partial charge < -0.3 is 18.8 Å². The normalized spacial score (nSPS) is 10.9. The standard InChI is InChI=1S/C23H25NO5/c1-4-16-9-11-17(12-10-16)13-24(2)21(25)15-28-23(26)22-19(14-27-3)18-7-5-6-8-20(18)29-22/h5-12H,4,13-15H2,1-3H3. The van der Waals surface area contributed by atoms with Gasteiger partial charge in [0.1, 0.15) is 5.58 Å². The first-order chi connectivity index (χ1) is 14.0. The van der Waals surface area contributed by atoms with Gasteiger partial charge in [-0.25, -0.2) is 4.79 Å². The van der Waals surface area contributed by atoms with E-state index in [4.69, 9.17) is 13.9 Å². The van der Waals surface area contributed by atoms with Crippen LogP contribution < -0.4 is 0 Å². The Balaban J connectivity index is 1.63. The van der Waals surface area contributed by atoms with Crippen molar-refractivity contribution in [3.05, 3.63) is 71.0 Å². The summed E-state index contributed by atoms with van der Waals surface area (Å²) in [5.41, 5.74) is 3.45. The number of ether oxygens (including phenoxy) is 2. The number of methoxy groups -OCH3 is 1. The third-order valence-electron chi connectivity index (χ3n) is 4.78. The van der Waals surface area contributed by atoms with E-state index >= 15 is 0 Å². The Morgan fingerprint density at radius 2 is 1.72 bits per heavy atom. The molecule has 0 aliphatic carbocycles. The fraction of sp³-hybridized carbons (Fsp3) is 0.304. The summed E-state index contributed by atoms with van der Waals surface area (Å²) < 4.78 is 16.1. The monoisotopic (exact) mass is 395 g/mol. The molecule has 0 radical (unpaired) electrons. The van der Waals surface area contributed by atoms with Crippen LogP contribution in [0, 0.1) is 0 Å². The minimum absolute atomic E-state index is 0.0682. The number of amides is 1. The van der Waals surface area contributed by atoms with E-state index in [-0.39, 0.29) is 24.9 Å². The number of esters is 1. The van der Waals surface area contributed by atoms with Crippen LogP contribution in [0.3, 0.4) is 0 Å². The molecular weight excluding hydrogens is 370 g/mol. The lowest BCUT2D eigenvalue weighted by Crippen LogP contribution is -2.30. The first-order valence-electron chi connectivity index (χ1n) is 9.51. The number of furan rings is 1. The molecule has 0 aliphatic heterocycles. The SMILES string of the molecule is CCc1ccc(CN(C)C(=O)COC(=O)c2oc3ccccc3c2COC)cc1. The number of para-hydroxylation sites is 1. The molecule has 0 unspecified atom stereocenters. The summed E-state index contributed by atoms with van der Waals surface area (Å²) in [5.74, 6) is -0.900. The van der Waals surface area contributed by atoms with Crippen LogP contribution in [0.2, 0.25) is 0 Å². The summed E-state index contributed by atoms with van der Waals surface area (Å²) >= 11 is 0. The Labute approximate surface area is 170 Å². The van der Waals surface area contributed by atoms with Crippen molar-refractivity contribution in [2.45, 2.75) is 26.5 Å². The van der Waals surface area contributed by atoms with Crippen molar-refractivity contribution in [1.29, 1.82) is 0 Å². The molecule has 2 aromatic carbocycles. The zero-order valence-corrected chi connectivity index (χ0v) is 16.9. The summed E-state index contributed by atoms with van der Waals surface area (Å²) in [4.78, 5) is 26.4. The van der Waals surface area contributed by atoms with Crippen molar-refractivity contribution in [3.63, 3.8) is 0 Å². The maximum Gasteiger partial charge on any atom is 0.375 e. The molecule has 1 aromatic heterocycles. The van der Waals surface area contributed by atoms with E-state index in [1.165, 1.54) is 10.5 Å². The lowest BCUT2D eigenvalue weighted by atomic mass is 10.1. The number of aryl methyl sites for hydroxylation is 1. The van der Waals surface area contributed by atoms with E-state index in [1.807, 2.05) is 42.5 Å². The van der Waals surface area contributed by atoms with Gasteiger partial charge in [0, 0.05) is 31.7 Å². The first-order valence-corrected chi connectivity index (χ1v) is 9.51. The number of likely N-dealkylation sites (N-methyl/N-ethyl adjacent to an activating group) is 1. The first kappa shape index (κ1) is 20.6. The minimum Gasteiger partial charge on any atom is -0.450 e. The van der Waals surface area contributed by atoms with Crippen molar-refractivity contribution in [2.75, 3.05) is 20.8 Å². The second-order valence-electron chi connectivity index (χ2n) is 6.83. The second kappa shape index (κ2) is 9.39. The fourth-order valence-corrected chi connectivity index (χ4v) is 3.10. The molecular formula is C23H25NO5. The number of hydrogen-bond acceptors (Lipinski definition) is 5. The molecule has 0 saturated carbocycles. The summed E-state index contributed by atoms with van der Waals surface area (Å²) in [6, 6.07) is 15.4. The number of carbonyl (C=O) groups is 2. The molecule has 29 heavy (non-hydrogen) atoms. The molecule has 0 saturated heterocycles. The van der Waals surface area contributed by atoms with Crippen molar-refractivity contribution < 1.29 is 23.5 Å². The third kappa shape index (κ3) is 4.84. The van der Waals surface area contributed by atoms with Gasteiger partial charge >= 0.3 is 5.97 Å². The number of hydrogen-bond donors (Lipinski definition) is 0. The fourth-order valence-electron chi connectivity index (χ4n) is 3.10. The maximum atomic E-state index is 12.5. The van der Waals surface area contributed by atoms with Gasteiger partial charge in [0.2, 0.25) is 5.76 Å². The molecule has 1 heterocycles. The van der Waals surface area contributed by atoms with E-state index < -0.39 is 5.97 Å². The largest absolute Gasteiger partial charge is 0.450 e. The summed E-state index contributed by atoms with van der Waals surface area (Å²) in [7, 11) is 3.23. The lowest BCUT2D eigenvalue weighted by molar-refractivity contribution is -0.133. The number of nitrogens with zero attached hydrogens (tertiary/aromatic N) is 1. The van der Waals surface area contributed by atoms with Crippen LogP contribution in [-0.2, 0) is 33.8 Å². The minimum atomic E-state index is -0.678. The summed E-state index contributed by atoms with van der Waals surface area (Å²) in [5, 5.41) is 0.792. The molecule has 3 rings (SSSR count). The molecule has 0 atom stereocenters. The number of benzene rings is 2. The van der Waals surface area contributed by atoms with E-state index in [9.17, 15) is 9.59 Å². The quantitative estimate of drug-likeness (QED) is 0.540. The highest BCUT2D eigenvalue weighted by atomic mass is 16.5. The van der Waals surface area contributed by atoms with Crippen LogP contribution in [0.25, 0.3) is 11.0 Å². The van der Waals surface area contributed by atoms with Gasteiger partial charge in [-0.3, -0.25) is 4.79 Å². The average molecular weight is 395 g/mol. The van der Waals surface area contributed by atoms with Crippen LogP contribution in [-0.4, -0.2) is 37.5 Å². The van der Waals surface area contributed by atoms with Crippen LogP contribution in [0.15, 0.2) is 52.9 Å². The lowest BCUT2D eigenvalue weighted by Gasteiger charge is -2.17. The zero-order valence-electron chi connectivity index (χ0n) is 16.9. The number of rotatable bonds is 8. The van der Waals surface area contributed by atoms with Gasteiger partial charge in [0.25, 0.3) is 5.91 Å². The highest BCUT2D eigenvalue weighted by Crippen LogP contribution is 2.27. The smallest absolute Gasteiger partial charge is 0.375 e. The summed E-state index contributed by atoms with van der Waals surface area (Å²) in [6.07, 6.45) is 0.970. The molecule has 0 fully saturated rings. The van der Waals surface area contributed by atoms with Crippen LogP contribution in [0.1, 0.15) is 34.2 Å². The summed E-state index contributed by atoms with van der Waals surface area (Å²) in [6.45, 7) is 2.40. The van der Waals surface area contributed by atoms with Gasteiger partial charge in [-0.15, -0.1) is 0 Å². The maximum absolute atomic E-state index is 12.5. The number of carbonyl (C=O) groups excluding carboxylic acids is 2. The molecule has 3 aromatic rings. The van der Waals surface area contributed by atoms with Gasteiger partial charge in [-0.05, 0) is 23.6 Å². The zero-order chi connectivity index (χ0) is 20.8. The third-order valence-corrected chi connectivity index (χ3v) is 4.78. The molecule has 0 bridgehead atoms. The van der Waals surface area contributed by atoms with E-state index in [0.717, 1.165) is 17.4 Å². The van der Waals surface area contributed by atoms with E-state index in [1.54, 1.807) is 20.2 Å². The van der Waals surface area contributed by atoms with Gasteiger partial charge in [0.05, 0.1) is 6.61 Å². The Hall–Kier alpha value is -3.12. The van der Waals surface area contributed by atoms with Crippen LogP contribution in [0.4, 0.5) is 0 Å². The highest BCUT2D eigenvalue weighted by Gasteiger charge is 2.23. The number of fused-ring (bicyclic) bond motifs is 1. The van der Waals surface area contributed by atoms with Crippen molar-refractivity contribution >= 4 is 22.8 Å². The molecule has 6 heteroatoms. The van der Waals surface area contributed by atoms with Crippen molar-refractivity contribution in [3.8, 4) is 0 Å². The second-order valence-corrected chi connectivity index (χ2v) is 6.83. The molecule has 152 valence electrons. The van der Waals surface area contributed by atoms with Crippen molar-refractivity contribution in [1.82, 2.24) is 4.90 Å². The van der Waals surface area contributed by atoms with Gasteiger partial charge in [0.15, 0.2) is 6.61 Å². The molecule has 1 amide bonds. The highest BCUT2D eigenvalue weighted by molar-refractivity contribution is 5.96. The Bertz CT molecular complexity index is 990. The van der Waals surface area contributed by atoms with Gasteiger partial charge in [-0.1, -0.05) is 49.4 Å². The van der Waals surface area contributed by atoms with Gasteiger partial charge in [-0.2, -0.15) is 0 Å². The Kier molecular flexibility index (Phi) is 6.67. The Morgan fingerprint density at radius 1 is 1.03 bits per heavy atom. The molecule has 0 aliphatic rings.